The molecule has 0 aliphatic carbocycles. The number of carbonyl (C=O) groups excluding carboxylic acids is 2. The van der Waals surface area contributed by atoms with E-state index in [2.05, 4.69) is 25.4 Å². The minimum atomic E-state index is -0.447. The lowest BCUT2D eigenvalue weighted by atomic mass is 10.2. The highest BCUT2D eigenvalue weighted by Crippen LogP contribution is 2.07. The number of hydrogen-bond donors (Lipinski definition) is 2. The van der Waals surface area contributed by atoms with Crippen molar-refractivity contribution in [2.45, 2.75) is 13.1 Å². The van der Waals surface area contributed by atoms with Gasteiger partial charge in [0.05, 0.1) is 18.8 Å². The van der Waals surface area contributed by atoms with Gasteiger partial charge in [-0.15, -0.1) is 11.3 Å². The normalized spacial score (nSPS) is 15.5. The van der Waals surface area contributed by atoms with Gasteiger partial charge in [-0.1, -0.05) is 12.1 Å². The van der Waals surface area contributed by atoms with Crippen molar-refractivity contribution in [3.63, 3.8) is 0 Å². The summed E-state index contributed by atoms with van der Waals surface area (Å²) in [5.41, 5.74) is 1.06. The van der Waals surface area contributed by atoms with Gasteiger partial charge in [-0.2, -0.15) is 0 Å². The molecule has 0 radical (unpaired) electrons. The highest BCUT2D eigenvalue weighted by atomic mass is 32.1. The van der Waals surface area contributed by atoms with E-state index in [1.165, 1.54) is 0 Å². The lowest BCUT2D eigenvalue weighted by molar-refractivity contribution is -0.121. The second-order valence-corrected chi connectivity index (χ2v) is 7.22. The van der Waals surface area contributed by atoms with Crippen molar-refractivity contribution < 1.29 is 9.59 Å². The van der Waals surface area contributed by atoms with E-state index in [4.69, 9.17) is 0 Å². The SMILES string of the molecule is O=C(CN1CCN(Cc2ccccn2)CC1)NC(=O)NCc1cccs1. The molecule has 0 spiro atoms. The molecule has 1 aliphatic rings. The van der Waals surface area contributed by atoms with E-state index in [9.17, 15) is 9.59 Å². The standard InChI is InChI=1S/C18H23N5O2S/c24-17(21-18(25)20-12-16-5-3-11-26-16)14-23-9-7-22(8-10-23)13-15-4-1-2-6-19-15/h1-6,11H,7-10,12-14H2,(H2,20,21,24,25). The van der Waals surface area contributed by atoms with E-state index in [1.54, 1.807) is 17.5 Å². The van der Waals surface area contributed by atoms with Crippen molar-refractivity contribution in [1.82, 2.24) is 25.4 Å². The Morgan fingerprint density at radius 3 is 2.58 bits per heavy atom. The topological polar surface area (TPSA) is 77.6 Å². The first-order chi connectivity index (χ1) is 12.7. The molecule has 1 fully saturated rings. The fourth-order valence-electron chi connectivity index (χ4n) is 2.82. The van der Waals surface area contributed by atoms with Gasteiger partial charge >= 0.3 is 6.03 Å². The Kier molecular flexibility index (Phi) is 6.70. The number of imide groups is 1. The summed E-state index contributed by atoms with van der Waals surface area (Å²) in [5, 5.41) is 7.04. The molecule has 7 nitrogen and oxygen atoms in total. The van der Waals surface area contributed by atoms with Crippen molar-refractivity contribution in [1.29, 1.82) is 0 Å². The quantitative estimate of drug-likeness (QED) is 0.798. The molecule has 0 saturated carbocycles. The second-order valence-electron chi connectivity index (χ2n) is 6.18. The predicted octanol–water partition coefficient (Wildman–Crippen LogP) is 1.29. The minimum Gasteiger partial charge on any atom is -0.333 e. The number of amides is 3. The van der Waals surface area contributed by atoms with Gasteiger partial charge in [-0.05, 0) is 23.6 Å². The zero-order valence-electron chi connectivity index (χ0n) is 14.6. The maximum Gasteiger partial charge on any atom is 0.321 e. The molecule has 1 saturated heterocycles. The van der Waals surface area contributed by atoms with Crippen LogP contribution in [0, 0.1) is 0 Å². The van der Waals surface area contributed by atoms with Crippen molar-refractivity contribution in [2.75, 3.05) is 32.7 Å². The third-order valence-corrected chi connectivity index (χ3v) is 5.08. The number of thiophene rings is 1. The van der Waals surface area contributed by atoms with E-state index in [0.717, 1.165) is 43.3 Å². The number of nitrogens with zero attached hydrogens (tertiary/aromatic N) is 3. The molecule has 1 aliphatic heterocycles. The number of urea groups is 1. The minimum absolute atomic E-state index is 0.240. The van der Waals surface area contributed by atoms with Crippen LogP contribution in [0.25, 0.3) is 0 Å². The number of nitrogens with one attached hydrogen (secondary N) is 2. The van der Waals surface area contributed by atoms with Crippen molar-refractivity contribution in [3.8, 4) is 0 Å². The van der Waals surface area contributed by atoms with Crippen LogP contribution in [0.2, 0.25) is 0 Å². The summed E-state index contributed by atoms with van der Waals surface area (Å²) in [4.78, 5) is 33.6. The number of hydrogen-bond acceptors (Lipinski definition) is 6. The van der Waals surface area contributed by atoms with E-state index >= 15 is 0 Å². The van der Waals surface area contributed by atoms with Gasteiger partial charge in [0, 0.05) is 43.8 Å². The average Bonchev–Trinajstić information content (AvgIpc) is 3.16. The Hall–Kier alpha value is -2.29. The summed E-state index contributed by atoms with van der Waals surface area (Å²) in [6.07, 6.45) is 1.80. The first-order valence-electron chi connectivity index (χ1n) is 8.64. The van der Waals surface area contributed by atoms with Crippen LogP contribution in [-0.4, -0.2) is 59.4 Å². The highest BCUT2D eigenvalue weighted by Gasteiger charge is 2.20. The van der Waals surface area contributed by atoms with Crippen molar-refractivity contribution in [2.24, 2.45) is 0 Å². The Bertz CT molecular complexity index is 700. The Labute approximate surface area is 157 Å². The Morgan fingerprint density at radius 1 is 1.08 bits per heavy atom. The summed E-state index contributed by atoms with van der Waals surface area (Å²) < 4.78 is 0. The number of aromatic nitrogens is 1. The van der Waals surface area contributed by atoms with Crippen LogP contribution in [0.5, 0.6) is 0 Å². The molecule has 3 rings (SSSR count). The van der Waals surface area contributed by atoms with Crippen LogP contribution in [0.1, 0.15) is 10.6 Å². The van der Waals surface area contributed by atoms with Crippen LogP contribution in [-0.2, 0) is 17.9 Å². The van der Waals surface area contributed by atoms with E-state index < -0.39 is 6.03 Å². The van der Waals surface area contributed by atoms with Gasteiger partial charge in [0.2, 0.25) is 5.91 Å². The number of rotatable bonds is 6. The molecule has 3 heterocycles. The third-order valence-electron chi connectivity index (χ3n) is 4.20. The van der Waals surface area contributed by atoms with Crippen molar-refractivity contribution in [3.05, 3.63) is 52.5 Å². The second kappa shape index (κ2) is 9.42. The van der Waals surface area contributed by atoms with Crippen LogP contribution in [0.15, 0.2) is 41.9 Å². The maximum absolute atomic E-state index is 12.0. The van der Waals surface area contributed by atoms with Gasteiger partial charge in [-0.3, -0.25) is 24.9 Å². The molecular formula is C18H23N5O2S. The first-order valence-corrected chi connectivity index (χ1v) is 9.52. The predicted molar refractivity (Wildman–Crippen MR) is 101 cm³/mol. The molecule has 2 N–H and O–H groups in total. The molecule has 0 bridgehead atoms. The number of piperazine rings is 1. The fraction of sp³-hybridized carbons (Fsp3) is 0.389. The molecular weight excluding hydrogens is 350 g/mol. The molecule has 26 heavy (non-hydrogen) atoms. The Balaban J connectivity index is 1.33. The molecule has 138 valence electrons. The van der Waals surface area contributed by atoms with Gasteiger partial charge in [0.15, 0.2) is 0 Å². The van der Waals surface area contributed by atoms with E-state index in [1.807, 2.05) is 35.7 Å². The van der Waals surface area contributed by atoms with E-state index in [0.29, 0.717) is 6.54 Å². The molecule has 2 aromatic heterocycles. The summed E-state index contributed by atoms with van der Waals surface area (Å²) in [5.74, 6) is -0.271. The summed E-state index contributed by atoms with van der Waals surface area (Å²) in [6.45, 7) is 4.87. The van der Waals surface area contributed by atoms with Gasteiger partial charge in [0.25, 0.3) is 0 Å². The summed E-state index contributed by atoms with van der Waals surface area (Å²) in [7, 11) is 0. The van der Waals surface area contributed by atoms with Gasteiger partial charge < -0.3 is 5.32 Å². The molecule has 8 heteroatoms. The Morgan fingerprint density at radius 2 is 1.88 bits per heavy atom. The van der Waals surface area contributed by atoms with Crippen LogP contribution < -0.4 is 10.6 Å². The zero-order chi connectivity index (χ0) is 18.2. The average molecular weight is 373 g/mol. The highest BCUT2D eigenvalue weighted by molar-refractivity contribution is 7.09. The lowest BCUT2D eigenvalue weighted by Gasteiger charge is -2.33. The lowest BCUT2D eigenvalue weighted by Crippen LogP contribution is -2.50. The van der Waals surface area contributed by atoms with Crippen LogP contribution in [0.3, 0.4) is 0 Å². The van der Waals surface area contributed by atoms with Crippen molar-refractivity contribution >= 4 is 23.3 Å². The molecule has 0 unspecified atom stereocenters. The largest absolute Gasteiger partial charge is 0.333 e. The molecule has 2 aromatic rings. The summed E-state index contributed by atoms with van der Waals surface area (Å²) >= 11 is 1.57. The maximum atomic E-state index is 12.0. The van der Waals surface area contributed by atoms with E-state index in [-0.39, 0.29) is 12.5 Å². The third kappa shape index (κ3) is 5.91. The van der Waals surface area contributed by atoms with Gasteiger partial charge in [0.1, 0.15) is 0 Å². The monoisotopic (exact) mass is 373 g/mol. The number of pyridine rings is 1. The number of carbonyl (C=O) groups is 2. The fourth-order valence-corrected chi connectivity index (χ4v) is 3.46. The first kappa shape index (κ1) is 18.5. The van der Waals surface area contributed by atoms with Crippen LogP contribution in [0.4, 0.5) is 4.79 Å². The smallest absolute Gasteiger partial charge is 0.321 e. The molecule has 0 atom stereocenters. The van der Waals surface area contributed by atoms with Crippen LogP contribution >= 0.6 is 11.3 Å². The zero-order valence-corrected chi connectivity index (χ0v) is 15.4. The summed E-state index contributed by atoms with van der Waals surface area (Å²) in [6, 6.07) is 9.35. The molecule has 0 aromatic carbocycles. The molecule has 3 amide bonds. The van der Waals surface area contributed by atoms with Gasteiger partial charge in [-0.25, -0.2) is 4.79 Å².